The third-order valence-corrected chi connectivity index (χ3v) is 4.77. The van der Waals surface area contributed by atoms with Crippen LogP contribution in [-0.2, 0) is 0 Å². The van der Waals surface area contributed by atoms with Crippen LogP contribution in [0.25, 0.3) is 0 Å². The van der Waals surface area contributed by atoms with Crippen LogP contribution in [0, 0.1) is 17.8 Å². The number of unbranched alkanes of at least 4 members (excludes halogenated alkanes) is 6. The quantitative estimate of drug-likeness (QED) is 0.288. The van der Waals surface area contributed by atoms with Crippen LogP contribution < -0.4 is 0 Å². The summed E-state index contributed by atoms with van der Waals surface area (Å²) in [7, 11) is 0. The van der Waals surface area contributed by atoms with Gasteiger partial charge in [-0.2, -0.15) is 0 Å². The van der Waals surface area contributed by atoms with Crippen molar-refractivity contribution in [2.75, 3.05) is 0 Å². The molecule has 0 amide bonds. The average molecular weight is 357 g/mol. The maximum absolute atomic E-state index is 2.33. The molecular formula is C25H56. The predicted octanol–water partition coefficient (Wildman–Crippen LogP) is 10.1. The molecule has 0 radical (unpaired) electrons. The van der Waals surface area contributed by atoms with Gasteiger partial charge in [0.05, 0.1) is 0 Å². The van der Waals surface area contributed by atoms with E-state index in [0.717, 1.165) is 17.8 Å². The van der Waals surface area contributed by atoms with Gasteiger partial charge in [0.15, 0.2) is 0 Å². The molecule has 0 aromatic heterocycles. The van der Waals surface area contributed by atoms with Crippen LogP contribution in [0.15, 0.2) is 0 Å². The van der Waals surface area contributed by atoms with Crippen LogP contribution in [0.1, 0.15) is 146 Å². The molecule has 0 aliphatic heterocycles. The van der Waals surface area contributed by atoms with Crippen molar-refractivity contribution in [1.29, 1.82) is 0 Å². The zero-order valence-electron chi connectivity index (χ0n) is 19.9. The van der Waals surface area contributed by atoms with Gasteiger partial charge in [0.25, 0.3) is 0 Å². The van der Waals surface area contributed by atoms with E-state index in [1.54, 1.807) is 0 Å². The zero-order valence-corrected chi connectivity index (χ0v) is 19.9. The summed E-state index contributed by atoms with van der Waals surface area (Å²) in [6.45, 7) is 20.5. The number of hydrogen-bond donors (Lipinski definition) is 0. The van der Waals surface area contributed by atoms with Gasteiger partial charge in [-0.3, -0.25) is 0 Å². The molecule has 0 spiro atoms. The molecule has 0 saturated heterocycles. The Labute approximate surface area is 164 Å². The first-order chi connectivity index (χ1) is 11.8. The average Bonchev–Trinajstić information content (AvgIpc) is 2.57. The Balaban J connectivity index is -0.000000291. The minimum Gasteiger partial charge on any atom is -0.0654 e. The maximum Gasteiger partial charge on any atom is -0.0445 e. The Bertz CT molecular complexity index is 192. The second kappa shape index (κ2) is 26.2. The van der Waals surface area contributed by atoms with Crippen LogP contribution in [0.5, 0.6) is 0 Å². The Kier molecular flexibility index (Phi) is 31.2. The number of rotatable bonds is 13. The lowest BCUT2D eigenvalue weighted by molar-refractivity contribution is 0.492. The van der Waals surface area contributed by atoms with E-state index in [2.05, 4.69) is 62.3 Å². The van der Waals surface area contributed by atoms with Crippen molar-refractivity contribution in [2.45, 2.75) is 146 Å². The molecule has 0 heteroatoms. The van der Waals surface area contributed by atoms with E-state index in [1.165, 1.54) is 83.5 Å². The third-order valence-electron chi connectivity index (χ3n) is 4.77. The highest BCUT2D eigenvalue weighted by Crippen LogP contribution is 2.10. The first kappa shape index (κ1) is 29.8. The van der Waals surface area contributed by atoms with Crippen molar-refractivity contribution in [2.24, 2.45) is 17.8 Å². The minimum atomic E-state index is 0.904. The summed E-state index contributed by atoms with van der Waals surface area (Å²) in [5.41, 5.74) is 0. The first-order valence-electron chi connectivity index (χ1n) is 11.8. The normalized spacial score (nSPS) is 11.6. The lowest BCUT2D eigenvalue weighted by atomic mass is 10.0. The molecule has 1 atom stereocenters. The highest BCUT2D eigenvalue weighted by atomic mass is 14.0. The second-order valence-electron chi connectivity index (χ2n) is 8.79. The molecule has 0 aromatic rings. The summed E-state index contributed by atoms with van der Waals surface area (Å²) < 4.78 is 0. The Morgan fingerprint density at radius 2 is 0.840 bits per heavy atom. The largest absolute Gasteiger partial charge is 0.0654 e. The fourth-order valence-corrected chi connectivity index (χ4v) is 2.54. The zero-order chi connectivity index (χ0) is 19.9. The van der Waals surface area contributed by atoms with Gasteiger partial charge in [-0.25, -0.2) is 0 Å². The van der Waals surface area contributed by atoms with Crippen LogP contribution in [0.4, 0.5) is 0 Å². The van der Waals surface area contributed by atoms with Crippen LogP contribution in [0.3, 0.4) is 0 Å². The molecule has 0 rings (SSSR count). The van der Waals surface area contributed by atoms with Crippen molar-refractivity contribution in [3.05, 3.63) is 0 Å². The van der Waals surface area contributed by atoms with Gasteiger partial charge < -0.3 is 0 Å². The molecule has 0 fully saturated rings. The molecule has 25 heavy (non-hydrogen) atoms. The molecule has 0 aliphatic carbocycles. The summed E-state index contributed by atoms with van der Waals surface area (Å²) >= 11 is 0. The van der Waals surface area contributed by atoms with Crippen molar-refractivity contribution in [3.63, 3.8) is 0 Å². The minimum absolute atomic E-state index is 0.904. The summed E-state index contributed by atoms with van der Waals surface area (Å²) in [5.74, 6) is 2.76. The van der Waals surface area contributed by atoms with Crippen LogP contribution in [0.2, 0.25) is 0 Å². The van der Waals surface area contributed by atoms with Gasteiger partial charge in [-0.05, 0) is 17.8 Å². The molecule has 0 aromatic carbocycles. The highest BCUT2D eigenvalue weighted by molar-refractivity contribution is 4.48. The van der Waals surface area contributed by atoms with Gasteiger partial charge in [-0.1, -0.05) is 146 Å². The number of hydrogen-bond acceptors (Lipinski definition) is 0. The van der Waals surface area contributed by atoms with Crippen molar-refractivity contribution >= 4 is 0 Å². The lowest BCUT2D eigenvalue weighted by Gasteiger charge is -2.04. The van der Waals surface area contributed by atoms with Crippen molar-refractivity contribution < 1.29 is 0 Å². The van der Waals surface area contributed by atoms with E-state index < -0.39 is 0 Å². The second-order valence-corrected chi connectivity index (χ2v) is 8.79. The molecule has 156 valence electrons. The van der Waals surface area contributed by atoms with Crippen LogP contribution >= 0.6 is 0 Å². The summed E-state index contributed by atoms with van der Waals surface area (Å²) in [4.78, 5) is 0. The Hall–Kier alpha value is 0. The Morgan fingerprint density at radius 3 is 1.20 bits per heavy atom. The van der Waals surface area contributed by atoms with E-state index in [0.29, 0.717) is 0 Å². The standard InChI is InChI=1S/C9H20.2C8H18/c1-4-5-6-7-8-9(2)3;1-4-5-6-7-8(2)3;1-4-6-7-8(3)5-2/h9H,4-8H2,1-3H3;2*8H,4-7H2,1-3H3. The molecule has 1 unspecified atom stereocenters. The van der Waals surface area contributed by atoms with Gasteiger partial charge in [0, 0.05) is 0 Å². The van der Waals surface area contributed by atoms with E-state index in [9.17, 15) is 0 Å². The fraction of sp³-hybridized carbons (Fsp3) is 1.00. The molecular weight excluding hydrogens is 300 g/mol. The topological polar surface area (TPSA) is 0 Å². The van der Waals surface area contributed by atoms with Gasteiger partial charge in [-0.15, -0.1) is 0 Å². The molecule has 0 bridgehead atoms. The summed E-state index contributed by atoms with van der Waals surface area (Å²) in [5, 5.41) is 0. The molecule has 0 saturated carbocycles. The maximum atomic E-state index is 2.33. The van der Waals surface area contributed by atoms with Crippen molar-refractivity contribution in [3.8, 4) is 0 Å². The summed E-state index contributed by atoms with van der Waals surface area (Å²) in [6.07, 6.45) is 18.2. The highest BCUT2D eigenvalue weighted by Gasteiger charge is 1.94. The fourth-order valence-electron chi connectivity index (χ4n) is 2.54. The monoisotopic (exact) mass is 356 g/mol. The van der Waals surface area contributed by atoms with Crippen LogP contribution in [-0.4, -0.2) is 0 Å². The Morgan fingerprint density at radius 1 is 0.440 bits per heavy atom. The lowest BCUT2D eigenvalue weighted by Crippen LogP contribution is -1.89. The van der Waals surface area contributed by atoms with Crippen molar-refractivity contribution in [1.82, 2.24) is 0 Å². The molecule has 0 aliphatic rings. The van der Waals surface area contributed by atoms with E-state index in [1.807, 2.05) is 0 Å². The molecule has 0 heterocycles. The van der Waals surface area contributed by atoms with Gasteiger partial charge >= 0.3 is 0 Å². The van der Waals surface area contributed by atoms with Gasteiger partial charge in [0.1, 0.15) is 0 Å². The third kappa shape index (κ3) is 40.2. The SMILES string of the molecule is CCCCC(C)CC.CCCCCC(C)C.CCCCCCC(C)C. The van der Waals surface area contributed by atoms with Gasteiger partial charge in [0.2, 0.25) is 0 Å². The molecule has 0 N–H and O–H groups in total. The summed E-state index contributed by atoms with van der Waals surface area (Å²) in [6, 6.07) is 0. The first-order valence-corrected chi connectivity index (χ1v) is 11.8. The predicted molar refractivity (Wildman–Crippen MR) is 122 cm³/mol. The smallest absolute Gasteiger partial charge is 0.0445 e. The van der Waals surface area contributed by atoms with E-state index >= 15 is 0 Å². The molecule has 0 nitrogen and oxygen atoms in total. The van der Waals surface area contributed by atoms with E-state index in [-0.39, 0.29) is 0 Å². The van der Waals surface area contributed by atoms with E-state index in [4.69, 9.17) is 0 Å².